The number of anilines is 1. The van der Waals surface area contributed by atoms with Crippen molar-refractivity contribution in [3.63, 3.8) is 0 Å². The highest BCUT2D eigenvalue weighted by Gasteiger charge is 2.12. The van der Waals surface area contributed by atoms with Crippen LogP contribution in [0.4, 0.5) is 5.82 Å². The number of nitrogens with one attached hydrogen (secondary N) is 1. The van der Waals surface area contributed by atoms with Crippen molar-refractivity contribution in [2.75, 3.05) is 11.9 Å². The monoisotopic (exact) mass is 294 g/mol. The first-order valence-electron chi connectivity index (χ1n) is 6.43. The highest BCUT2D eigenvalue weighted by Crippen LogP contribution is 2.32. The number of aromatic nitrogens is 3. The molecule has 19 heavy (non-hydrogen) atoms. The molecule has 0 radical (unpaired) electrons. The van der Waals surface area contributed by atoms with E-state index in [1.165, 1.54) is 0 Å². The van der Waals surface area contributed by atoms with E-state index in [9.17, 15) is 0 Å². The Bertz CT molecular complexity index is 526. The van der Waals surface area contributed by atoms with Crippen LogP contribution in [0, 0.1) is 6.92 Å². The molecule has 0 aliphatic heterocycles. The van der Waals surface area contributed by atoms with Gasteiger partial charge in [0.1, 0.15) is 16.7 Å². The Balaban J connectivity index is 2.33. The predicted molar refractivity (Wildman–Crippen MR) is 81.2 cm³/mol. The van der Waals surface area contributed by atoms with Gasteiger partial charge in [-0.2, -0.15) is 0 Å². The molecule has 2 rings (SSSR count). The zero-order chi connectivity index (χ0) is 13.7. The minimum atomic E-state index is 0.866. The summed E-state index contributed by atoms with van der Waals surface area (Å²) in [6.07, 6.45) is 3.78. The summed E-state index contributed by atoms with van der Waals surface area (Å²) in [5.41, 5.74) is 1.10. The molecular formula is C13H18N4S2. The summed E-state index contributed by atoms with van der Waals surface area (Å²) >= 11 is 3.25. The van der Waals surface area contributed by atoms with E-state index in [0.29, 0.717) is 0 Å². The molecule has 0 saturated carbocycles. The average molecular weight is 294 g/mol. The molecule has 0 aromatic carbocycles. The number of hydrogen-bond acceptors (Lipinski definition) is 6. The van der Waals surface area contributed by atoms with Gasteiger partial charge in [0.05, 0.1) is 0 Å². The van der Waals surface area contributed by atoms with Crippen LogP contribution in [0.25, 0.3) is 0 Å². The third-order valence-electron chi connectivity index (χ3n) is 2.56. The van der Waals surface area contributed by atoms with E-state index in [2.05, 4.69) is 41.0 Å². The summed E-state index contributed by atoms with van der Waals surface area (Å²) in [4.78, 5) is 13.6. The maximum absolute atomic E-state index is 4.66. The van der Waals surface area contributed by atoms with Crippen molar-refractivity contribution in [3.8, 4) is 0 Å². The molecule has 0 aliphatic rings. The first-order chi connectivity index (χ1) is 9.24. The third kappa shape index (κ3) is 3.67. The Morgan fingerprint density at radius 1 is 1.32 bits per heavy atom. The van der Waals surface area contributed by atoms with Gasteiger partial charge in [-0.3, -0.25) is 0 Å². The van der Waals surface area contributed by atoms with Crippen molar-refractivity contribution in [1.82, 2.24) is 15.0 Å². The van der Waals surface area contributed by atoms with E-state index in [-0.39, 0.29) is 0 Å². The second-order valence-electron chi connectivity index (χ2n) is 4.10. The zero-order valence-corrected chi connectivity index (χ0v) is 13.1. The van der Waals surface area contributed by atoms with Crippen LogP contribution >= 0.6 is 23.1 Å². The molecule has 2 aromatic rings. The Morgan fingerprint density at radius 2 is 2.16 bits per heavy atom. The lowest BCUT2D eigenvalue weighted by Gasteiger charge is -2.11. The van der Waals surface area contributed by atoms with Gasteiger partial charge in [-0.15, -0.1) is 11.3 Å². The summed E-state index contributed by atoms with van der Waals surface area (Å²) < 4.78 is 1.02. The molecule has 2 aromatic heterocycles. The Hall–Kier alpha value is -1.14. The summed E-state index contributed by atoms with van der Waals surface area (Å²) in [6.45, 7) is 7.15. The number of thiazole rings is 1. The van der Waals surface area contributed by atoms with Crippen molar-refractivity contribution in [2.45, 2.75) is 43.0 Å². The van der Waals surface area contributed by atoms with Crippen molar-refractivity contribution in [1.29, 1.82) is 0 Å². The molecule has 4 nitrogen and oxygen atoms in total. The first-order valence-corrected chi connectivity index (χ1v) is 8.13. The Kier molecular flexibility index (Phi) is 5.15. The summed E-state index contributed by atoms with van der Waals surface area (Å²) in [6, 6.07) is 0. The smallest absolute Gasteiger partial charge is 0.156 e. The molecule has 0 bridgehead atoms. The second kappa shape index (κ2) is 6.86. The zero-order valence-electron chi connectivity index (χ0n) is 11.4. The predicted octanol–water partition coefficient (Wildman–Crippen LogP) is 3.78. The Labute approximate surface area is 122 Å². The van der Waals surface area contributed by atoms with Gasteiger partial charge in [-0.05, 0) is 32.0 Å². The van der Waals surface area contributed by atoms with Crippen molar-refractivity contribution in [3.05, 3.63) is 23.0 Å². The molecule has 0 saturated heterocycles. The number of aryl methyl sites for hydroxylation is 1. The van der Waals surface area contributed by atoms with Crippen molar-refractivity contribution >= 4 is 28.9 Å². The molecule has 2 heterocycles. The van der Waals surface area contributed by atoms with Gasteiger partial charge in [-0.1, -0.05) is 6.92 Å². The SMILES string of the molecule is CCCc1nc(NCC)c(C)c(Sc2nccs2)n1. The molecule has 0 unspecified atom stereocenters. The van der Waals surface area contributed by atoms with Gasteiger partial charge in [0, 0.05) is 30.1 Å². The van der Waals surface area contributed by atoms with E-state index in [1.807, 2.05) is 11.6 Å². The topological polar surface area (TPSA) is 50.7 Å². The van der Waals surface area contributed by atoms with Gasteiger partial charge >= 0.3 is 0 Å². The summed E-state index contributed by atoms with van der Waals surface area (Å²) in [7, 11) is 0. The van der Waals surface area contributed by atoms with E-state index >= 15 is 0 Å². The number of rotatable bonds is 6. The van der Waals surface area contributed by atoms with Crippen LogP contribution in [0.5, 0.6) is 0 Å². The van der Waals surface area contributed by atoms with Gasteiger partial charge in [0.15, 0.2) is 4.34 Å². The van der Waals surface area contributed by atoms with Crippen LogP contribution in [-0.4, -0.2) is 21.5 Å². The summed E-state index contributed by atoms with van der Waals surface area (Å²) in [5.74, 6) is 1.85. The van der Waals surface area contributed by atoms with Gasteiger partial charge in [0.25, 0.3) is 0 Å². The van der Waals surface area contributed by atoms with Crippen LogP contribution in [0.15, 0.2) is 20.9 Å². The molecule has 0 atom stereocenters. The number of hydrogen-bond donors (Lipinski definition) is 1. The van der Waals surface area contributed by atoms with Gasteiger partial charge in [-0.25, -0.2) is 15.0 Å². The molecule has 0 amide bonds. The fourth-order valence-electron chi connectivity index (χ4n) is 1.66. The van der Waals surface area contributed by atoms with Gasteiger partial charge in [0.2, 0.25) is 0 Å². The lowest BCUT2D eigenvalue weighted by Crippen LogP contribution is -2.07. The van der Waals surface area contributed by atoms with Crippen LogP contribution in [0.1, 0.15) is 31.7 Å². The van der Waals surface area contributed by atoms with Crippen molar-refractivity contribution in [2.24, 2.45) is 0 Å². The lowest BCUT2D eigenvalue weighted by atomic mass is 10.3. The average Bonchev–Trinajstić information content (AvgIpc) is 2.88. The van der Waals surface area contributed by atoms with E-state index < -0.39 is 0 Å². The van der Waals surface area contributed by atoms with Crippen LogP contribution in [-0.2, 0) is 6.42 Å². The third-order valence-corrected chi connectivity index (χ3v) is 4.53. The first kappa shape index (κ1) is 14.3. The van der Waals surface area contributed by atoms with Crippen LogP contribution < -0.4 is 5.32 Å². The second-order valence-corrected chi connectivity index (χ2v) is 6.23. The van der Waals surface area contributed by atoms with E-state index in [0.717, 1.165) is 46.0 Å². The van der Waals surface area contributed by atoms with Crippen molar-refractivity contribution < 1.29 is 0 Å². The molecule has 0 fully saturated rings. The normalized spacial score (nSPS) is 10.7. The highest BCUT2D eigenvalue weighted by atomic mass is 32.2. The Morgan fingerprint density at radius 3 is 2.79 bits per heavy atom. The van der Waals surface area contributed by atoms with Crippen LogP contribution in [0.2, 0.25) is 0 Å². The molecule has 102 valence electrons. The maximum atomic E-state index is 4.66. The summed E-state index contributed by atoms with van der Waals surface area (Å²) in [5, 5.41) is 6.30. The molecule has 0 aliphatic carbocycles. The highest BCUT2D eigenvalue weighted by molar-refractivity contribution is 8.01. The minimum absolute atomic E-state index is 0.866. The fourth-order valence-corrected chi connectivity index (χ4v) is 3.29. The van der Waals surface area contributed by atoms with E-state index in [4.69, 9.17) is 0 Å². The van der Waals surface area contributed by atoms with E-state index in [1.54, 1.807) is 23.1 Å². The molecule has 1 N–H and O–H groups in total. The molecule has 6 heteroatoms. The largest absolute Gasteiger partial charge is 0.370 e. The minimum Gasteiger partial charge on any atom is -0.370 e. The number of nitrogens with zero attached hydrogens (tertiary/aromatic N) is 3. The lowest BCUT2D eigenvalue weighted by molar-refractivity contribution is 0.802. The fraction of sp³-hybridized carbons (Fsp3) is 0.462. The molecule has 0 spiro atoms. The standard InChI is InChI=1S/C13H18N4S2/c1-4-6-10-16-11(14-5-2)9(3)12(17-10)19-13-15-7-8-18-13/h7-8H,4-6H2,1-3H3,(H,14,16,17). The van der Waals surface area contributed by atoms with Crippen LogP contribution in [0.3, 0.4) is 0 Å². The molecular weight excluding hydrogens is 276 g/mol. The van der Waals surface area contributed by atoms with Gasteiger partial charge < -0.3 is 5.32 Å². The maximum Gasteiger partial charge on any atom is 0.156 e. The quantitative estimate of drug-likeness (QED) is 0.822.